The molecule has 2 nitrogen and oxygen atoms in total. The molecule has 0 radical (unpaired) electrons. The van der Waals surface area contributed by atoms with E-state index in [1.807, 2.05) is 26.0 Å². The molecular formula is C16H22O2. The number of hydrogen-bond donors (Lipinski definition) is 1. The van der Waals surface area contributed by atoms with Crippen LogP contribution < -0.4 is 0 Å². The second kappa shape index (κ2) is 5.15. The Morgan fingerprint density at radius 2 is 1.94 bits per heavy atom. The average molecular weight is 246 g/mol. The van der Waals surface area contributed by atoms with Gasteiger partial charge in [-0.05, 0) is 29.9 Å². The number of aliphatic hydroxyl groups excluding tert-OH is 1. The molecule has 2 heteroatoms. The van der Waals surface area contributed by atoms with Gasteiger partial charge in [0.1, 0.15) is 17.4 Å². The van der Waals surface area contributed by atoms with Gasteiger partial charge in [0, 0.05) is 5.39 Å². The Labute approximate surface area is 109 Å². The lowest BCUT2D eigenvalue weighted by Gasteiger charge is -2.11. The Morgan fingerprint density at radius 1 is 1.22 bits per heavy atom. The van der Waals surface area contributed by atoms with Crippen LogP contribution in [0.15, 0.2) is 28.7 Å². The van der Waals surface area contributed by atoms with Crippen molar-refractivity contribution < 1.29 is 9.52 Å². The summed E-state index contributed by atoms with van der Waals surface area (Å²) >= 11 is 0. The zero-order valence-corrected chi connectivity index (χ0v) is 11.6. The van der Waals surface area contributed by atoms with Crippen LogP contribution in [0.25, 0.3) is 11.0 Å². The van der Waals surface area contributed by atoms with Crippen LogP contribution in [-0.2, 0) is 0 Å². The summed E-state index contributed by atoms with van der Waals surface area (Å²) in [4.78, 5) is 0. The molecule has 0 aliphatic rings. The van der Waals surface area contributed by atoms with Crippen LogP contribution >= 0.6 is 0 Å². The van der Waals surface area contributed by atoms with Gasteiger partial charge < -0.3 is 9.52 Å². The van der Waals surface area contributed by atoms with E-state index in [0.717, 1.165) is 17.4 Å². The smallest absolute Gasteiger partial charge is 0.137 e. The van der Waals surface area contributed by atoms with Crippen LogP contribution in [0.3, 0.4) is 0 Å². The molecule has 0 amide bonds. The molecule has 0 aliphatic carbocycles. The first-order chi connectivity index (χ1) is 8.54. The van der Waals surface area contributed by atoms with Gasteiger partial charge in [0.2, 0.25) is 0 Å². The molecule has 2 aromatic rings. The van der Waals surface area contributed by atoms with Crippen molar-refractivity contribution in [3.05, 3.63) is 35.6 Å². The fraction of sp³-hybridized carbons (Fsp3) is 0.500. The van der Waals surface area contributed by atoms with Crippen LogP contribution in [0.5, 0.6) is 0 Å². The number of para-hydroxylation sites is 1. The van der Waals surface area contributed by atoms with E-state index in [1.54, 1.807) is 0 Å². The first kappa shape index (κ1) is 13.2. The third-order valence-corrected chi connectivity index (χ3v) is 3.66. The highest BCUT2D eigenvalue weighted by Gasteiger charge is 2.19. The van der Waals surface area contributed by atoms with Crippen molar-refractivity contribution in [1.29, 1.82) is 0 Å². The van der Waals surface area contributed by atoms with Crippen LogP contribution in [-0.4, -0.2) is 5.11 Å². The molecule has 1 heterocycles. The molecule has 2 rings (SSSR count). The first-order valence-corrected chi connectivity index (χ1v) is 6.75. The number of hydrogen-bond acceptors (Lipinski definition) is 2. The summed E-state index contributed by atoms with van der Waals surface area (Å²) in [6.07, 6.45) is 0.559. The molecular weight excluding hydrogens is 224 g/mol. The van der Waals surface area contributed by atoms with Gasteiger partial charge in [0.25, 0.3) is 0 Å². The van der Waals surface area contributed by atoms with Crippen molar-refractivity contribution in [2.75, 3.05) is 0 Å². The van der Waals surface area contributed by atoms with E-state index in [1.165, 1.54) is 5.56 Å². The molecule has 18 heavy (non-hydrogen) atoms. The monoisotopic (exact) mass is 246 g/mol. The number of furan rings is 1. The lowest BCUT2D eigenvalue weighted by Crippen LogP contribution is -2.03. The minimum absolute atomic E-state index is 0.164. The van der Waals surface area contributed by atoms with E-state index in [-0.39, 0.29) is 5.92 Å². The topological polar surface area (TPSA) is 33.4 Å². The van der Waals surface area contributed by atoms with Gasteiger partial charge in [-0.1, -0.05) is 45.9 Å². The Hall–Kier alpha value is -1.28. The highest BCUT2D eigenvalue weighted by Crippen LogP contribution is 2.33. The molecule has 2 unspecified atom stereocenters. The Kier molecular flexibility index (Phi) is 3.76. The molecule has 1 aromatic carbocycles. The third-order valence-electron chi connectivity index (χ3n) is 3.66. The maximum absolute atomic E-state index is 10.1. The predicted molar refractivity (Wildman–Crippen MR) is 74.7 cm³/mol. The Balaban J connectivity index is 2.51. The van der Waals surface area contributed by atoms with Crippen molar-refractivity contribution >= 4 is 11.0 Å². The Morgan fingerprint density at radius 3 is 2.56 bits per heavy atom. The van der Waals surface area contributed by atoms with E-state index >= 15 is 0 Å². The van der Waals surface area contributed by atoms with Crippen molar-refractivity contribution in [3.63, 3.8) is 0 Å². The number of benzene rings is 1. The molecule has 0 bridgehead atoms. The highest BCUT2D eigenvalue weighted by atomic mass is 16.4. The number of aliphatic hydroxyl groups is 1. The van der Waals surface area contributed by atoms with Crippen LogP contribution in [0.4, 0.5) is 0 Å². The van der Waals surface area contributed by atoms with Crippen LogP contribution in [0.1, 0.15) is 57.5 Å². The van der Waals surface area contributed by atoms with Gasteiger partial charge in [-0.15, -0.1) is 0 Å². The molecule has 2 atom stereocenters. The van der Waals surface area contributed by atoms with Crippen molar-refractivity contribution in [1.82, 2.24) is 0 Å². The van der Waals surface area contributed by atoms with E-state index in [4.69, 9.17) is 4.42 Å². The van der Waals surface area contributed by atoms with Crippen molar-refractivity contribution in [3.8, 4) is 0 Å². The SMILES string of the molecule is CCC(C)c1cccc2cc(C(O)C(C)C)oc12. The fourth-order valence-electron chi connectivity index (χ4n) is 2.19. The largest absolute Gasteiger partial charge is 0.458 e. The molecule has 0 spiro atoms. The summed E-state index contributed by atoms with van der Waals surface area (Å²) < 4.78 is 5.90. The maximum atomic E-state index is 10.1. The second-order valence-electron chi connectivity index (χ2n) is 5.41. The zero-order valence-electron chi connectivity index (χ0n) is 11.6. The molecule has 0 saturated carbocycles. The minimum Gasteiger partial charge on any atom is -0.458 e. The van der Waals surface area contributed by atoms with E-state index in [9.17, 15) is 5.11 Å². The fourth-order valence-corrected chi connectivity index (χ4v) is 2.19. The minimum atomic E-state index is -0.526. The molecule has 98 valence electrons. The van der Waals surface area contributed by atoms with Crippen LogP contribution in [0.2, 0.25) is 0 Å². The van der Waals surface area contributed by atoms with E-state index in [0.29, 0.717) is 11.7 Å². The second-order valence-corrected chi connectivity index (χ2v) is 5.41. The number of rotatable bonds is 4. The van der Waals surface area contributed by atoms with E-state index < -0.39 is 6.10 Å². The summed E-state index contributed by atoms with van der Waals surface area (Å²) in [7, 11) is 0. The van der Waals surface area contributed by atoms with E-state index in [2.05, 4.69) is 26.0 Å². The van der Waals surface area contributed by atoms with Crippen molar-refractivity contribution in [2.24, 2.45) is 5.92 Å². The van der Waals surface area contributed by atoms with Crippen molar-refractivity contribution in [2.45, 2.75) is 46.1 Å². The summed E-state index contributed by atoms with van der Waals surface area (Å²) in [6.45, 7) is 8.37. The van der Waals surface area contributed by atoms with Gasteiger partial charge in [-0.3, -0.25) is 0 Å². The molecule has 0 saturated heterocycles. The summed E-state index contributed by atoms with van der Waals surface area (Å²) in [5, 5.41) is 11.2. The molecule has 0 aliphatic heterocycles. The third kappa shape index (κ3) is 2.30. The normalized spacial score (nSPS) is 15.2. The molecule has 0 fully saturated rings. The van der Waals surface area contributed by atoms with Gasteiger partial charge in [0.05, 0.1) is 0 Å². The average Bonchev–Trinajstić information content (AvgIpc) is 2.80. The van der Waals surface area contributed by atoms with Gasteiger partial charge in [-0.25, -0.2) is 0 Å². The molecule has 1 N–H and O–H groups in total. The molecule has 1 aromatic heterocycles. The summed E-state index contributed by atoms with van der Waals surface area (Å²) in [5.41, 5.74) is 2.17. The lowest BCUT2D eigenvalue weighted by molar-refractivity contribution is 0.104. The standard InChI is InChI=1S/C16H22O2/c1-5-11(4)13-8-6-7-12-9-14(18-16(12)13)15(17)10(2)3/h6-11,15,17H,5H2,1-4H3. The van der Waals surface area contributed by atoms with Crippen LogP contribution in [0, 0.1) is 5.92 Å². The lowest BCUT2D eigenvalue weighted by atomic mass is 9.97. The first-order valence-electron chi connectivity index (χ1n) is 6.75. The summed E-state index contributed by atoms with van der Waals surface area (Å²) in [6, 6.07) is 8.18. The Bertz CT molecular complexity index is 525. The van der Waals surface area contributed by atoms with Gasteiger partial charge in [-0.2, -0.15) is 0 Å². The quantitative estimate of drug-likeness (QED) is 0.852. The number of fused-ring (bicyclic) bond motifs is 1. The maximum Gasteiger partial charge on any atom is 0.137 e. The van der Waals surface area contributed by atoms with Gasteiger partial charge in [0.15, 0.2) is 0 Å². The highest BCUT2D eigenvalue weighted by molar-refractivity contribution is 5.81. The van der Waals surface area contributed by atoms with Gasteiger partial charge >= 0.3 is 0 Å². The summed E-state index contributed by atoms with van der Waals surface area (Å²) in [5.74, 6) is 1.32. The predicted octanol–water partition coefficient (Wildman–Crippen LogP) is 4.64. The zero-order chi connectivity index (χ0) is 13.3.